The fraction of sp³-hybridized carbons (Fsp3) is 0.625. The van der Waals surface area contributed by atoms with Crippen molar-refractivity contribution in [3.05, 3.63) is 35.4 Å². The van der Waals surface area contributed by atoms with Gasteiger partial charge in [0, 0.05) is 30.6 Å². The minimum atomic E-state index is -0.800. The van der Waals surface area contributed by atoms with Crippen LogP contribution in [0.15, 0.2) is 24.3 Å². The predicted molar refractivity (Wildman–Crippen MR) is 116 cm³/mol. The summed E-state index contributed by atoms with van der Waals surface area (Å²) in [6.07, 6.45) is 5.46. The minimum absolute atomic E-state index is 0.0546. The maximum atomic E-state index is 10.6. The van der Waals surface area contributed by atoms with Crippen molar-refractivity contribution >= 4 is 17.6 Å². The summed E-state index contributed by atoms with van der Waals surface area (Å²) in [5, 5.41) is 29.4. The van der Waals surface area contributed by atoms with Crippen LogP contribution in [0.3, 0.4) is 0 Å². The topological polar surface area (TPSA) is 77.8 Å². The first-order valence-corrected chi connectivity index (χ1v) is 11.1. The molecule has 3 N–H and O–H groups in total. The SMILES string of the molecule is CCCCC[C@H](O)c1ccc([C@@H]2[C@@H](CC#CCCCC(=O)O)[C@H](Cl)C[C@H]2O)cc1. The van der Waals surface area contributed by atoms with Crippen molar-refractivity contribution in [3.63, 3.8) is 0 Å². The highest BCUT2D eigenvalue weighted by Gasteiger charge is 2.41. The molecule has 1 aromatic rings. The Hall–Kier alpha value is -1.54. The first-order chi connectivity index (χ1) is 13.9. The molecule has 2 rings (SSSR count). The van der Waals surface area contributed by atoms with Crippen LogP contribution in [0.5, 0.6) is 0 Å². The van der Waals surface area contributed by atoms with Gasteiger partial charge in [-0.3, -0.25) is 4.79 Å². The van der Waals surface area contributed by atoms with Gasteiger partial charge in [0.25, 0.3) is 0 Å². The minimum Gasteiger partial charge on any atom is -0.481 e. The number of hydrogen-bond acceptors (Lipinski definition) is 3. The van der Waals surface area contributed by atoms with Crippen LogP contribution in [0.2, 0.25) is 0 Å². The van der Waals surface area contributed by atoms with Crippen molar-refractivity contribution in [1.29, 1.82) is 0 Å². The monoisotopic (exact) mass is 420 g/mol. The maximum Gasteiger partial charge on any atom is 0.303 e. The van der Waals surface area contributed by atoms with Crippen LogP contribution in [0.4, 0.5) is 0 Å². The molecule has 0 radical (unpaired) electrons. The van der Waals surface area contributed by atoms with E-state index in [0.717, 1.165) is 36.8 Å². The molecule has 5 atom stereocenters. The van der Waals surface area contributed by atoms with Crippen LogP contribution >= 0.6 is 11.6 Å². The summed E-state index contributed by atoms with van der Waals surface area (Å²) in [4.78, 5) is 10.5. The van der Waals surface area contributed by atoms with E-state index in [-0.39, 0.29) is 23.6 Å². The lowest BCUT2D eigenvalue weighted by molar-refractivity contribution is -0.137. The lowest BCUT2D eigenvalue weighted by Gasteiger charge is -2.23. The van der Waals surface area contributed by atoms with E-state index < -0.39 is 18.2 Å². The van der Waals surface area contributed by atoms with Gasteiger partial charge in [0.05, 0.1) is 12.2 Å². The Labute approximate surface area is 179 Å². The highest BCUT2D eigenvalue weighted by molar-refractivity contribution is 6.21. The Morgan fingerprint density at radius 1 is 1.21 bits per heavy atom. The summed E-state index contributed by atoms with van der Waals surface area (Å²) in [5.41, 5.74) is 1.94. The van der Waals surface area contributed by atoms with Gasteiger partial charge in [0.15, 0.2) is 0 Å². The summed E-state index contributed by atoms with van der Waals surface area (Å²) in [6.45, 7) is 2.15. The van der Waals surface area contributed by atoms with Crippen LogP contribution in [0.25, 0.3) is 0 Å². The van der Waals surface area contributed by atoms with Gasteiger partial charge < -0.3 is 15.3 Å². The molecule has 0 amide bonds. The average Bonchev–Trinajstić information content (AvgIpc) is 2.97. The second-order valence-corrected chi connectivity index (χ2v) is 8.55. The molecule has 0 bridgehead atoms. The van der Waals surface area contributed by atoms with Gasteiger partial charge in [-0.05, 0) is 36.3 Å². The molecule has 1 aliphatic rings. The summed E-state index contributed by atoms with van der Waals surface area (Å²) >= 11 is 6.51. The molecule has 0 saturated heterocycles. The third kappa shape index (κ3) is 7.33. The predicted octanol–water partition coefficient (Wildman–Crippen LogP) is 5.02. The summed E-state index contributed by atoms with van der Waals surface area (Å²) in [6, 6.07) is 7.90. The normalized spacial score (nSPS) is 24.7. The van der Waals surface area contributed by atoms with Crippen molar-refractivity contribution in [2.45, 2.75) is 88.2 Å². The number of aliphatic hydroxyl groups excluding tert-OH is 2. The highest BCUT2D eigenvalue weighted by Crippen LogP contribution is 2.44. The molecule has 1 saturated carbocycles. The van der Waals surface area contributed by atoms with Gasteiger partial charge in [-0.1, -0.05) is 50.5 Å². The van der Waals surface area contributed by atoms with Crippen LogP contribution in [-0.4, -0.2) is 32.8 Å². The van der Waals surface area contributed by atoms with E-state index in [1.165, 1.54) is 0 Å². The van der Waals surface area contributed by atoms with E-state index >= 15 is 0 Å². The third-order valence-corrected chi connectivity index (χ3v) is 6.25. The van der Waals surface area contributed by atoms with Gasteiger partial charge in [0.2, 0.25) is 0 Å². The van der Waals surface area contributed by atoms with Crippen molar-refractivity contribution in [2.24, 2.45) is 5.92 Å². The Morgan fingerprint density at radius 2 is 1.93 bits per heavy atom. The fourth-order valence-corrected chi connectivity index (χ4v) is 4.52. The Morgan fingerprint density at radius 3 is 2.59 bits per heavy atom. The number of alkyl halides is 1. The van der Waals surface area contributed by atoms with Gasteiger partial charge in [-0.15, -0.1) is 23.4 Å². The highest BCUT2D eigenvalue weighted by atomic mass is 35.5. The number of rotatable bonds is 10. The second kappa shape index (κ2) is 12.2. The number of unbranched alkanes of at least 4 members (excludes halogenated alkanes) is 3. The summed E-state index contributed by atoms with van der Waals surface area (Å²) < 4.78 is 0. The molecule has 0 heterocycles. The standard InChI is InChI=1S/C24H33ClO4/c1-2-3-6-10-21(26)17-12-14-18(15-13-17)24-19(20(25)16-22(24)27)9-7-4-5-8-11-23(28)29/h12-15,19-22,24,26-27H,2-3,5-6,8-11,16H2,1H3,(H,28,29)/t19-,20+,21-,22+,24+/m0/s1. The zero-order valence-electron chi connectivity index (χ0n) is 17.2. The molecular weight excluding hydrogens is 388 g/mol. The molecule has 1 fully saturated rings. The van der Waals surface area contributed by atoms with Gasteiger partial charge in [0.1, 0.15) is 0 Å². The van der Waals surface area contributed by atoms with Crippen molar-refractivity contribution in [2.75, 3.05) is 0 Å². The molecule has 0 aliphatic heterocycles. The Balaban J connectivity index is 1.98. The van der Waals surface area contributed by atoms with E-state index in [2.05, 4.69) is 18.8 Å². The van der Waals surface area contributed by atoms with E-state index in [0.29, 0.717) is 25.7 Å². The number of carboxylic acid groups (broad SMARTS) is 1. The Bertz CT molecular complexity index is 691. The summed E-state index contributed by atoms with van der Waals surface area (Å²) in [7, 11) is 0. The molecule has 1 aliphatic carbocycles. The Kier molecular flexibility index (Phi) is 10.0. The molecule has 4 nitrogen and oxygen atoms in total. The van der Waals surface area contributed by atoms with E-state index in [9.17, 15) is 15.0 Å². The lowest BCUT2D eigenvalue weighted by Crippen LogP contribution is -2.18. The van der Waals surface area contributed by atoms with Crippen LogP contribution in [0.1, 0.15) is 87.9 Å². The quantitative estimate of drug-likeness (QED) is 0.282. The lowest BCUT2D eigenvalue weighted by atomic mass is 9.85. The molecule has 160 valence electrons. The van der Waals surface area contributed by atoms with Crippen LogP contribution in [-0.2, 0) is 4.79 Å². The molecular formula is C24H33ClO4. The first kappa shape index (κ1) is 23.7. The van der Waals surface area contributed by atoms with E-state index in [1.54, 1.807) is 0 Å². The first-order valence-electron chi connectivity index (χ1n) is 10.7. The van der Waals surface area contributed by atoms with Crippen molar-refractivity contribution in [1.82, 2.24) is 0 Å². The largest absolute Gasteiger partial charge is 0.481 e. The number of halogens is 1. The van der Waals surface area contributed by atoms with Gasteiger partial charge in [-0.25, -0.2) is 0 Å². The number of aliphatic carboxylic acids is 1. The molecule has 29 heavy (non-hydrogen) atoms. The molecule has 0 aromatic heterocycles. The average molecular weight is 421 g/mol. The number of aliphatic hydroxyl groups is 2. The zero-order chi connectivity index (χ0) is 21.2. The van der Waals surface area contributed by atoms with Crippen molar-refractivity contribution in [3.8, 4) is 11.8 Å². The number of carbonyl (C=O) groups is 1. The van der Waals surface area contributed by atoms with E-state index in [4.69, 9.17) is 16.7 Å². The molecule has 0 spiro atoms. The number of carboxylic acids is 1. The van der Waals surface area contributed by atoms with Crippen LogP contribution in [0, 0.1) is 17.8 Å². The van der Waals surface area contributed by atoms with E-state index in [1.807, 2.05) is 24.3 Å². The third-order valence-electron chi connectivity index (χ3n) is 5.75. The summed E-state index contributed by atoms with van der Waals surface area (Å²) in [5.74, 6) is 5.35. The van der Waals surface area contributed by atoms with Crippen LogP contribution < -0.4 is 0 Å². The van der Waals surface area contributed by atoms with Gasteiger partial charge in [-0.2, -0.15) is 0 Å². The molecule has 5 heteroatoms. The van der Waals surface area contributed by atoms with Crippen molar-refractivity contribution < 1.29 is 20.1 Å². The smallest absolute Gasteiger partial charge is 0.303 e. The van der Waals surface area contributed by atoms with Gasteiger partial charge >= 0.3 is 5.97 Å². The zero-order valence-corrected chi connectivity index (χ0v) is 17.9. The fourth-order valence-electron chi connectivity index (χ4n) is 4.09. The molecule has 1 aromatic carbocycles. The number of benzene rings is 1. The maximum absolute atomic E-state index is 10.6. The number of hydrogen-bond donors (Lipinski definition) is 3. The second-order valence-electron chi connectivity index (χ2n) is 7.99. The molecule has 0 unspecified atom stereocenters.